The normalized spacial score (nSPS) is 21.7. The molecule has 0 saturated carbocycles. The van der Waals surface area contributed by atoms with E-state index in [4.69, 9.17) is 0 Å². The lowest BCUT2D eigenvalue weighted by Gasteiger charge is -2.22. The van der Waals surface area contributed by atoms with E-state index in [9.17, 15) is 0 Å². The SMILES string of the molecule is CC.CC.CC(C)C1CCCN1C. The molecule has 1 rings (SSSR count). The van der Waals surface area contributed by atoms with Gasteiger partial charge in [-0.25, -0.2) is 0 Å². The topological polar surface area (TPSA) is 3.24 Å². The van der Waals surface area contributed by atoms with Gasteiger partial charge in [-0.2, -0.15) is 0 Å². The molecule has 1 aliphatic rings. The molecule has 1 aliphatic heterocycles. The van der Waals surface area contributed by atoms with Crippen LogP contribution >= 0.6 is 0 Å². The summed E-state index contributed by atoms with van der Waals surface area (Å²) in [4.78, 5) is 2.48. The third-order valence-electron chi connectivity index (χ3n) is 2.35. The molecular weight excluding hydrogens is 158 g/mol. The first kappa shape index (κ1) is 15.4. The van der Waals surface area contributed by atoms with Crippen LogP contribution in [0, 0.1) is 5.92 Å². The highest BCUT2D eigenvalue weighted by atomic mass is 15.1. The molecule has 1 nitrogen and oxygen atoms in total. The van der Waals surface area contributed by atoms with Crippen molar-refractivity contribution in [2.24, 2.45) is 5.92 Å². The monoisotopic (exact) mass is 187 g/mol. The number of nitrogens with zero attached hydrogens (tertiary/aromatic N) is 1. The summed E-state index contributed by atoms with van der Waals surface area (Å²) in [6.07, 6.45) is 2.81. The van der Waals surface area contributed by atoms with E-state index in [0.29, 0.717) is 0 Å². The van der Waals surface area contributed by atoms with Gasteiger partial charge < -0.3 is 4.90 Å². The Balaban J connectivity index is 0. The van der Waals surface area contributed by atoms with E-state index in [1.54, 1.807) is 0 Å². The van der Waals surface area contributed by atoms with Gasteiger partial charge in [0.05, 0.1) is 0 Å². The van der Waals surface area contributed by atoms with Crippen molar-refractivity contribution >= 4 is 0 Å². The van der Waals surface area contributed by atoms with Gasteiger partial charge in [-0.05, 0) is 32.4 Å². The van der Waals surface area contributed by atoms with Crippen LogP contribution in [0.5, 0.6) is 0 Å². The number of hydrogen-bond acceptors (Lipinski definition) is 1. The fraction of sp³-hybridized carbons (Fsp3) is 1.00. The zero-order valence-electron chi connectivity index (χ0n) is 10.7. The minimum absolute atomic E-state index is 0.845. The lowest BCUT2D eigenvalue weighted by Crippen LogP contribution is -2.29. The Morgan fingerprint density at radius 3 is 1.69 bits per heavy atom. The predicted octanol–water partition coefficient (Wildman–Crippen LogP) is 3.79. The highest BCUT2D eigenvalue weighted by Gasteiger charge is 2.22. The zero-order valence-corrected chi connectivity index (χ0v) is 10.7. The van der Waals surface area contributed by atoms with Crippen molar-refractivity contribution in [1.82, 2.24) is 4.90 Å². The van der Waals surface area contributed by atoms with Crippen LogP contribution in [0.4, 0.5) is 0 Å². The fourth-order valence-electron chi connectivity index (χ4n) is 1.78. The Morgan fingerprint density at radius 1 is 1.08 bits per heavy atom. The summed E-state index contributed by atoms with van der Waals surface area (Å²) in [6, 6.07) is 0.866. The maximum absolute atomic E-state index is 2.48. The van der Waals surface area contributed by atoms with Crippen molar-refractivity contribution in [3.63, 3.8) is 0 Å². The minimum atomic E-state index is 0.845. The van der Waals surface area contributed by atoms with Gasteiger partial charge in [0, 0.05) is 6.04 Å². The molecular formula is C12H29N. The molecule has 0 aromatic heterocycles. The molecule has 82 valence electrons. The minimum Gasteiger partial charge on any atom is -0.303 e. The van der Waals surface area contributed by atoms with Crippen molar-refractivity contribution in [3.8, 4) is 0 Å². The maximum Gasteiger partial charge on any atom is 0.0116 e. The quantitative estimate of drug-likeness (QED) is 0.604. The number of likely N-dealkylation sites (tertiary alicyclic amines) is 1. The number of hydrogen-bond donors (Lipinski definition) is 0. The first-order valence-electron chi connectivity index (χ1n) is 5.92. The Hall–Kier alpha value is -0.0400. The third-order valence-corrected chi connectivity index (χ3v) is 2.35. The van der Waals surface area contributed by atoms with Gasteiger partial charge in [0.25, 0.3) is 0 Å². The Kier molecular flexibility index (Phi) is 11.9. The van der Waals surface area contributed by atoms with E-state index in [0.717, 1.165) is 12.0 Å². The van der Waals surface area contributed by atoms with Crippen LogP contribution in [-0.2, 0) is 0 Å². The van der Waals surface area contributed by atoms with Crippen LogP contribution in [0.2, 0.25) is 0 Å². The summed E-state index contributed by atoms with van der Waals surface area (Å²) in [5.74, 6) is 0.845. The first-order chi connectivity index (χ1) is 6.22. The summed E-state index contributed by atoms with van der Waals surface area (Å²) in [6.45, 7) is 13.9. The highest BCUT2D eigenvalue weighted by Crippen LogP contribution is 2.20. The molecule has 1 fully saturated rings. The van der Waals surface area contributed by atoms with Crippen LogP contribution in [0.3, 0.4) is 0 Å². The van der Waals surface area contributed by atoms with Crippen molar-refractivity contribution in [2.45, 2.75) is 60.4 Å². The molecule has 13 heavy (non-hydrogen) atoms. The average molecular weight is 187 g/mol. The Morgan fingerprint density at radius 2 is 1.54 bits per heavy atom. The number of rotatable bonds is 1. The zero-order chi connectivity index (χ0) is 10.9. The molecule has 0 aromatic rings. The molecule has 0 aromatic carbocycles. The van der Waals surface area contributed by atoms with Crippen LogP contribution in [-0.4, -0.2) is 24.5 Å². The largest absolute Gasteiger partial charge is 0.303 e. The molecule has 0 spiro atoms. The Labute approximate surface area is 85.5 Å². The van der Waals surface area contributed by atoms with Crippen molar-refractivity contribution < 1.29 is 0 Å². The molecule has 0 N–H and O–H groups in total. The summed E-state index contributed by atoms with van der Waals surface area (Å²) in [7, 11) is 2.23. The predicted molar refractivity (Wildman–Crippen MR) is 63.2 cm³/mol. The summed E-state index contributed by atoms with van der Waals surface area (Å²) in [5.41, 5.74) is 0. The smallest absolute Gasteiger partial charge is 0.0116 e. The van der Waals surface area contributed by atoms with E-state index < -0.39 is 0 Å². The van der Waals surface area contributed by atoms with E-state index >= 15 is 0 Å². The maximum atomic E-state index is 2.48. The van der Waals surface area contributed by atoms with Gasteiger partial charge in [-0.15, -0.1) is 0 Å². The van der Waals surface area contributed by atoms with Gasteiger partial charge in [0.2, 0.25) is 0 Å². The van der Waals surface area contributed by atoms with Crippen LogP contribution in [0.25, 0.3) is 0 Å². The van der Waals surface area contributed by atoms with Crippen molar-refractivity contribution in [3.05, 3.63) is 0 Å². The molecule has 0 aliphatic carbocycles. The summed E-state index contributed by atoms with van der Waals surface area (Å²) in [5, 5.41) is 0. The molecule has 0 radical (unpaired) electrons. The molecule has 1 saturated heterocycles. The van der Waals surface area contributed by atoms with E-state index in [1.807, 2.05) is 27.7 Å². The highest BCUT2D eigenvalue weighted by molar-refractivity contribution is 4.78. The summed E-state index contributed by atoms with van der Waals surface area (Å²) < 4.78 is 0. The third kappa shape index (κ3) is 6.09. The second kappa shape index (κ2) is 10.0. The molecule has 1 unspecified atom stereocenters. The Bertz CT molecular complexity index is 89.1. The molecule has 1 heterocycles. The average Bonchev–Trinajstić information content (AvgIpc) is 2.58. The lowest BCUT2D eigenvalue weighted by molar-refractivity contribution is 0.250. The van der Waals surface area contributed by atoms with Crippen LogP contribution < -0.4 is 0 Å². The van der Waals surface area contributed by atoms with E-state index in [1.165, 1.54) is 19.4 Å². The lowest BCUT2D eigenvalue weighted by atomic mass is 10.0. The van der Waals surface area contributed by atoms with E-state index in [-0.39, 0.29) is 0 Å². The summed E-state index contributed by atoms with van der Waals surface area (Å²) >= 11 is 0. The molecule has 0 amide bonds. The molecule has 0 bridgehead atoms. The second-order valence-corrected chi connectivity index (χ2v) is 3.43. The van der Waals surface area contributed by atoms with Gasteiger partial charge >= 0.3 is 0 Å². The van der Waals surface area contributed by atoms with Crippen LogP contribution in [0.15, 0.2) is 0 Å². The van der Waals surface area contributed by atoms with Crippen molar-refractivity contribution in [2.75, 3.05) is 13.6 Å². The van der Waals surface area contributed by atoms with Crippen LogP contribution in [0.1, 0.15) is 54.4 Å². The van der Waals surface area contributed by atoms with Crippen molar-refractivity contribution in [1.29, 1.82) is 0 Å². The molecule has 1 heteroatoms. The van der Waals surface area contributed by atoms with Gasteiger partial charge in [-0.1, -0.05) is 41.5 Å². The van der Waals surface area contributed by atoms with Gasteiger partial charge in [-0.3, -0.25) is 0 Å². The second-order valence-electron chi connectivity index (χ2n) is 3.43. The standard InChI is InChI=1S/C8H17N.2C2H6/c1-7(2)8-5-4-6-9(8)3;2*1-2/h7-8H,4-6H2,1-3H3;2*1-2H3. The fourth-order valence-corrected chi connectivity index (χ4v) is 1.78. The molecule has 1 atom stereocenters. The first-order valence-corrected chi connectivity index (χ1v) is 5.92. The van der Waals surface area contributed by atoms with Gasteiger partial charge in [0.1, 0.15) is 0 Å². The van der Waals surface area contributed by atoms with E-state index in [2.05, 4.69) is 25.8 Å². The van der Waals surface area contributed by atoms with Gasteiger partial charge in [0.15, 0.2) is 0 Å².